The van der Waals surface area contributed by atoms with Crippen molar-refractivity contribution in [2.24, 2.45) is 0 Å². The summed E-state index contributed by atoms with van der Waals surface area (Å²) < 4.78 is 1.69. The molecule has 1 aromatic heterocycles. The van der Waals surface area contributed by atoms with Crippen LogP contribution in [-0.4, -0.2) is 20.9 Å². The molecule has 0 unspecified atom stereocenters. The maximum absolute atomic E-state index is 11.3. The summed E-state index contributed by atoms with van der Waals surface area (Å²) in [6, 6.07) is 17.3. The van der Waals surface area contributed by atoms with Crippen LogP contribution in [0.5, 0.6) is 0 Å². The van der Waals surface area contributed by atoms with Crippen molar-refractivity contribution in [2.75, 3.05) is 0 Å². The Labute approximate surface area is 128 Å². The van der Waals surface area contributed by atoms with Gasteiger partial charge in [0.15, 0.2) is 5.69 Å². The number of carboxylic acid groups (broad SMARTS) is 1. The Balaban J connectivity index is 2.26. The number of rotatable bonds is 3. The molecule has 110 valence electrons. The molecule has 0 amide bonds. The SMILES string of the molecule is Cc1ccc(C)c(-c2cc(C(=O)O)nn2-c2ccccc2)c1. The third kappa shape index (κ3) is 2.51. The summed E-state index contributed by atoms with van der Waals surface area (Å²) in [7, 11) is 0. The van der Waals surface area contributed by atoms with Crippen molar-refractivity contribution in [1.29, 1.82) is 0 Å². The van der Waals surface area contributed by atoms with Crippen molar-refractivity contribution in [1.82, 2.24) is 9.78 Å². The number of benzene rings is 2. The lowest BCUT2D eigenvalue weighted by molar-refractivity contribution is 0.0690. The summed E-state index contributed by atoms with van der Waals surface area (Å²) in [5, 5.41) is 13.5. The van der Waals surface area contributed by atoms with Crippen LogP contribution < -0.4 is 0 Å². The summed E-state index contributed by atoms with van der Waals surface area (Å²) in [5.74, 6) is -1.03. The lowest BCUT2D eigenvalue weighted by atomic mass is 10.0. The Bertz CT molecular complexity index is 836. The normalized spacial score (nSPS) is 10.6. The van der Waals surface area contributed by atoms with Gasteiger partial charge < -0.3 is 5.11 Å². The molecule has 0 saturated carbocycles. The molecule has 1 heterocycles. The topological polar surface area (TPSA) is 55.1 Å². The van der Waals surface area contributed by atoms with Crippen LogP contribution in [0.15, 0.2) is 54.6 Å². The molecule has 3 rings (SSSR count). The monoisotopic (exact) mass is 292 g/mol. The summed E-state index contributed by atoms with van der Waals surface area (Å²) >= 11 is 0. The number of hydrogen-bond acceptors (Lipinski definition) is 2. The predicted molar refractivity (Wildman–Crippen MR) is 85.4 cm³/mol. The molecule has 0 radical (unpaired) electrons. The van der Waals surface area contributed by atoms with Gasteiger partial charge in [0, 0.05) is 5.56 Å². The van der Waals surface area contributed by atoms with Gasteiger partial charge >= 0.3 is 5.97 Å². The van der Waals surface area contributed by atoms with E-state index in [1.54, 1.807) is 10.7 Å². The number of aryl methyl sites for hydroxylation is 2. The summed E-state index contributed by atoms with van der Waals surface area (Å²) in [4.78, 5) is 11.3. The minimum atomic E-state index is -1.03. The lowest BCUT2D eigenvalue weighted by Gasteiger charge is -2.10. The van der Waals surface area contributed by atoms with Gasteiger partial charge in [-0.2, -0.15) is 5.10 Å². The van der Waals surface area contributed by atoms with Crippen LogP contribution >= 0.6 is 0 Å². The molecule has 0 aliphatic rings. The summed E-state index contributed by atoms with van der Waals surface area (Å²) in [6.45, 7) is 4.03. The van der Waals surface area contributed by atoms with E-state index in [0.717, 1.165) is 28.1 Å². The predicted octanol–water partition coefficient (Wildman–Crippen LogP) is 3.85. The molecule has 0 aliphatic carbocycles. The Morgan fingerprint density at radius 1 is 1.05 bits per heavy atom. The van der Waals surface area contributed by atoms with Crippen LogP contribution in [0.1, 0.15) is 21.6 Å². The number of aromatic carboxylic acids is 1. The summed E-state index contributed by atoms with van der Waals surface area (Å²) in [6.07, 6.45) is 0. The second kappa shape index (κ2) is 5.48. The van der Waals surface area contributed by atoms with Crippen LogP contribution in [0.2, 0.25) is 0 Å². The lowest BCUT2D eigenvalue weighted by Crippen LogP contribution is -2.02. The van der Waals surface area contributed by atoms with Crippen molar-refractivity contribution in [3.63, 3.8) is 0 Å². The van der Waals surface area contributed by atoms with Gasteiger partial charge in [-0.3, -0.25) is 0 Å². The fourth-order valence-electron chi connectivity index (χ4n) is 2.46. The van der Waals surface area contributed by atoms with E-state index in [-0.39, 0.29) is 5.69 Å². The largest absolute Gasteiger partial charge is 0.476 e. The molecular formula is C18H16N2O2. The van der Waals surface area contributed by atoms with E-state index in [2.05, 4.69) is 11.2 Å². The number of carbonyl (C=O) groups is 1. The zero-order chi connectivity index (χ0) is 15.7. The van der Waals surface area contributed by atoms with Crippen molar-refractivity contribution in [2.45, 2.75) is 13.8 Å². The first-order valence-corrected chi connectivity index (χ1v) is 7.02. The first-order valence-electron chi connectivity index (χ1n) is 7.02. The molecule has 1 N–H and O–H groups in total. The number of aromatic nitrogens is 2. The van der Waals surface area contributed by atoms with E-state index in [9.17, 15) is 9.90 Å². The Hall–Kier alpha value is -2.88. The highest BCUT2D eigenvalue weighted by molar-refractivity contribution is 5.87. The molecule has 3 aromatic rings. The van der Waals surface area contributed by atoms with E-state index >= 15 is 0 Å². The molecule has 4 heteroatoms. The summed E-state index contributed by atoms with van der Waals surface area (Å²) in [5.41, 5.74) is 4.86. The second-order valence-corrected chi connectivity index (χ2v) is 5.29. The average molecular weight is 292 g/mol. The maximum Gasteiger partial charge on any atom is 0.356 e. The molecule has 2 aromatic carbocycles. The molecule has 4 nitrogen and oxygen atoms in total. The third-order valence-corrected chi connectivity index (χ3v) is 3.60. The fourth-order valence-corrected chi connectivity index (χ4v) is 2.46. The average Bonchev–Trinajstić information content (AvgIpc) is 2.96. The van der Waals surface area contributed by atoms with Crippen molar-refractivity contribution in [3.05, 3.63) is 71.4 Å². The van der Waals surface area contributed by atoms with Gasteiger partial charge in [0.05, 0.1) is 11.4 Å². The minimum absolute atomic E-state index is 0.0414. The Morgan fingerprint density at radius 2 is 1.77 bits per heavy atom. The van der Waals surface area contributed by atoms with Crippen molar-refractivity contribution in [3.8, 4) is 16.9 Å². The third-order valence-electron chi connectivity index (χ3n) is 3.60. The van der Waals surface area contributed by atoms with Gasteiger partial charge in [0.1, 0.15) is 0 Å². The van der Waals surface area contributed by atoms with Crippen LogP contribution in [0.4, 0.5) is 0 Å². The number of carboxylic acids is 1. The Kier molecular flexibility index (Phi) is 3.51. The smallest absolute Gasteiger partial charge is 0.356 e. The van der Waals surface area contributed by atoms with E-state index in [1.165, 1.54) is 0 Å². The van der Waals surface area contributed by atoms with Crippen LogP contribution in [0.25, 0.3) is 16.9 Å². The van der Waals surface area contributed by atoms with Crippen LogP contribution in [0, 0.1) is 13.8 Å². The Morgan fingerprint density at radius 3 is 2.45 bits per heavy atom. The molecule has 0 spiro atoms. The highest BCUT2D eigenvalue weighted by Crippen LogP contribution is 2.28. The van der Waals surface area contributed by atoms with E-state index in [4.69, 9.17) is 0 Å². The standard InChI is InChI=1S/C18H16N2O2/c1-12-8-9-13(2)15(10-12)17-11-16(18(21)22)19-20(17)14-6-4-3-5-7-14/h3-11H,1-2H3,(H,21,22). The van der Waals surface area contributed by atoms with Gasteiger partial charge in [-0.25, -0.2) is 9.48 Å². The van der Waals surface area contributed by atoms with E-state index < -0.39 is 5.97 Å². The van der Waals surface area contributed by atoms with Crippen molar-refractivity contribution < 1.29 is 9.90 Å². The zero-order valence-corrected chi connectivity index (χ0v) is 12.4. The van der Waals surface area contributed by atoms with Gasteiger partial charge in [-0.1, -0.05) is 35.9 Å². The van der Waals surface area contributed by atoms with Gasteiger partial charge in [0.25, 0.3) is 0 Å². The minimum Gasteiger partial charge on any atom is -0.476 e. The molecule has 22 heavy (non-hydrogen) atoms. The molecule has 0 bridgehead atoms. The van der Waals surface area contributed by atoms with Gasteiger partial charge in [0.2, 0.25) is 0 Å². The maximum atomic E-state index is 11.3. The molecular weight excluding hydrogens is 276 g/mol. The van der Waals surface area contributed by atoms with E-state index in [0.29, 0.717) is 0 Å². The molecule has 0 atom stereocenters. The first kappa shape index (κ1) is 14.1. The van der Waals surface area contributed by atoms with E-state index in [1.807, 2.05) is 56.3 Å². The molecule has 0 aliphatic heterocycles. The number of nitrogens with zero attached hydrogens (tertiary/aromatic N) is 2. The van der Waals surface area contributed by atoms with Gasteiger partial charge in [-0.05, 0) is 43.7 Å². The molecule has 0 fully saturated rings. The second-order valence-electron chi connectivity index (χ2n) is 5.29. The first-order chi connectivity index (χ1) is 10.6. The fraction of sp³-hybridized carbons (Fsp3) is 0.111. The van der Waals surface area contributed by atoms with Crippen LogP contribution in [0.3, 0.4) is 0 Å². The van der Waals surface area contributed by atoms with Crippen molar-refractivity contribution >= 4 is 5.97 Å². The zero-order valence-electron chi connectivity index (χ0n) is 12.4. The van der Waals surface area contributed by atoms with Gasteiger partial charge in [-0.15, -0.1) is 0 Å². The van der Waals surface area contributed by atoms with Crippen LogP contribution in [-0.2, 0) is 0 Å². The quantitative estimate of drug-likeness (QED) is 0.797. The number of para-hydroxylation sites is 1. The highest BCUT2D eigenvalue weighted by Gasteiger charge is 2.17. The number of hydrogen-bond donors (Lipinski definition) is 1. The highest BCUT2D eigenvalue weighted by atomic mass is 16.4. The molecule has 0 saturated heterocycles.